The Morgan fingerprint density at radius 3 is 2.55 bits per heavy atom. The molecule has 31 heavy (non-hydrogen) atoms. The Labute approximate surface area is 181 Å². The van der Waals surface area contributed by atoms with Crippen LogP contribution in [0.1, 0.15) is 0 Å². The fourth-order valence-corrected chi connectivity index (χ4v) is 3.90. The molecule has 1 N–H and O–H groups in total. The molecule has 156 valence electrons. The number of benzene rings is 3. The van der Waals surface area contributed by atoms with Crippen molar-refractivity contribution in [1.29, 1.82) is 0 Å². The third-order valence-electron chi connectivity index (χ3n) is 4.53. The number of thioether (sulfide) groups is 1. The summed E-state index contributed by atoms with van der Waals surface area (Å²) in [5, 5.41) is 3.54. The first-order valence-corrected chi connectivity index (χ1v) is 10.4. The fourth-order valence-electron chi connectivity index (χ4n) is 3.10. The first-order chi connectivity index (χ1) is 15.1. The van der Waals surface area contributed by atoms with Crippen LogP contribution in [-0.4, -0.2) is 28.3 Å². The Kier molecular flexibility index (Phi) is 5.99. The molecule has 1 heterocycles. The quantitative estimate of drug-likeness (QED) is 0.362. The Hall–Kier alpha value is -3.65. The summed E-state index contributed by atoms with van der Waals surface area (Å²) in [5.41, 5.74) is 1.31. The smallest absolute Gasteiger partial charge is 0.266 e. The van der Waals surface area contributed by atoms with E-state index in [0.29, 0.717) is 33.2 Å². The molecular formula is C23H18FN3O3S. The maximum Gasteiger partial charge on any atom is 0.266 e. The van der Waals surface area contributed by atoms with Gasteiger partial charge in [0, 0.05) is 5.69 Å². The monoisotopic (exact) mass is 435 g/mol. The molecule has 0 fully saturated rings. The zero-order valence-electron chi connectivity index (χ0n) is 16.5. The van der Waals surface area contributed by atoms with E-state index >= 15 is 0 Å². The number of carbonyl (C=O) groups excluding carboxylic acids is 1. The minimum Gasteiger partial charge on any atom is -0.495 e. The van der Waals surface area contributed by atoms with Crippen LogP contribution in [0.5, 0.6) is 5.75 Å². The van der Waals surface area contributed by atoms with Crippen molar-refractivity contribution in [3.05, 3.63) is 89.0 Å². The van der Waals surface area contributed by atoms with Gasteiger partial charge in [0.1, 0.15) is 11.6 Å². The Bertz CT molecular complexity index is 1310. The van der Waals surface area contributed by atoms with Gasteiger partial charge < -0.3 is 10.1 Å². The van der Waals surface area contributed by atoms with Crippen molar-refractivity contribution in [3.63, 3.8) is 0 Å². The van der Waals surface area contributed by atoms with Crippen molar-refractivity contribution in [2.45, 2.75) is 5.16 Å². The summed E-state index contributed by atoms with van der Waals surface area (Å²) in [6.45, 7) is 0. The zero-order valence-corrected chi connectivity index (χ0v) is 17.4. The third-order valence-corrected chi connectivity index (χ3v) is 5.47. The molecule has 0 aliphatic heterocycles. The van der Waals surface area contributed by atoms with Gasteiger partial charge in [0.25, 0.3) is 5.56 Å². The van der Waals surface area contributed by atoms with E-state index in [1.165, 1.54) is 35.9 Å². The van der Waals surface area contributed by atoms with E-state index in [1.807, 2.05) is 6.07 Å². The second-order valence-corrected chi connectivity index (χ2v) is 7.51. The lowest BCUT2D eigenvalue weighted by molar-refractivity contribution is -0.113. The van der Waals surface area contributed by atoms with Crippen molar-refractivity contribution in [1.82, 2.24) is 9.55 Å². The second kappa shape index (κ2) is 9.01. The predicted octanol–water partition coefficient (Wildman–Crippen LogP) is 4.26. The number of hydrogen-bond donors (Lipinski definition) is 1. The van der Waals surface area contributed by atoms with E-state index in [1.54, 1.807) is 42.5 Å². The van der Waals surface area contributed by atoms with Crippen LogP contribution >= 0.6 is 11.8 Å². The normalized spacial score (nSPS) is 10.8. The lowest BCUT2D eigenvalue weighted by atomic mass is 10.2. The first kappa shape index (κ1) is 20.6. The number of amides is 1. The topological polar surface area (TPSA) is 73.2 Å². The van der Waals surface area contributed by atoms with Crippen LogP contribution < -0.4 is 15.6 Å². The number of rotatable bonds is 6. The number of nitrogens with one attached hydrogen (secondary N) is 1. The van der Waals surface area contributed by atoms with Crippen LogP contribution in [0.2, 0.25) is 0 Å². The van der Waals surface area contributed by atoms with E-state index < -0.39 is 0 Å². The highest BCUT2D eigenvalue weighted by Gasteiger charge is 2.17. The number of para-hydroxylation sites is 3. The van der Waals surface area contributed by atoms with Crippen LogP contribution in [-0.2, 0) is 4.79 Å². The SMILES string of the molecule is COc1ccccc1-n1c(SCC(=O)Nc2ccc(F)cc2)nc2ccccc2c1=O. The number of aromatic nitrogens is 2. The van der Waals surface area contributed by atoms with Crippen LogP contribution in [0.4, 0.5) is 10.1 Å². The number of fused-ring (bicyclic) bond motifs is 1. The standard InChI is InChI=1S/C23H18FN3O3S/c1-30-20-9-5-4-8-19(20)27-22(29)17-6-2-3-7-18(17)26-23(27)31-14-21(28)25-16-12-10-15(24)11-13-16/h2-13H,14H2,1H3,(H,25,28). The minimum atomic E-state index is -0.381. The lowest BCUT2D eigenvalue weighted by Gasteiger charge is -2.15. The number of hydrogen-bond acceptors (Lipinski definition) is 5. The van der Waals surface area contributed by atoms with Gasteiger partial charge in [-0.3, -0.25) is 14.2 Å². The van der Waals surface area contributed by atoms with E-state index in [9.17, 15) is 14.0 Å². The molecule has 0 aliphatic carbocycles. The molecular weight excluding hydrogens is 417 g/mol. The molecule has 0 aliphatic rings. The molecule has 3 aromatic carbocycles. The number of carbonyl (C=O) groups is 1. The van der Waals surface area contributed by atoms with Crippen molar-refractivity contribution < 1.29 is 13.9 Å². The summed E-state index contributed by atoms with van der Waals surface area (Å²) in [4.78, 5) is 30.3. The summed E-state index contributed by atoms with van der Waals surface area (Å²) in [7, 11) is 1.53. The minimum absolute atomic E-state index is 0.0112. The van der Waals surface area contributed by atoms with Gasteiger partial charge in [-0.1, -0.05) is 36.0 Å². The van der Waals surface area contributed by atoms with Gasteiger partial charge >= 0.3 is 0 Å². The lowest BCUT2D eigenvalue weighted by Crippen LogP contribution is -2.23. The van der Waals surface area contributed by atoms with Gasteiger partial charge in [0.05, 0.1) is 29.5 Å². The Balaban J connectivity index is 1.70. The molecule has 8 heteroatoms. The van der Waals surface area contributed by atoms with E-state index in [4.69, 9.17) is 4.74 Å². The maximum atomic E-state index is 13.3. The van der Waals surface area contributed by atoms with E-state index in [0.717, 1.165) is 11.8 Å². The molecule has 0 atom stereocenters. The summed E-state index contributed by atoms with van der Waals surface area (Å²) >= 11 is 1.13. The number of halogens is 1. The van der Waals surface area contributed by atoms with Crippen molar-refractivity contribution in [2.24, 2.45) is 0 Å². The molecule has 1 aromatic heterocycles. The molecule has 4 aromatic rings. The number of nitrogens with zero attached hydrogens (tertiary/aromatic N) is 2. The van der Waals surface area contributed by atoms with Crippen LogP contribution in [0.15, 0.2) is 82.7 Å². The van der Waals surface area contributed by atoms with Crippen molar-refractivity contribution in [2.75, 3.05) is 18.2 Å². The molecule has 0 radical (unpaired) electrons. The third kappa shape index (κ3) is 4.44. The van der Waals surface area contributed by atoms with E-state index in [-0.39, 0.29) is 23.0 Å². The summed E-state index contributed by atoms with van der Waals surface area (Å²) in [6.07, 6.45) is 0. The van der Waals surface area contributed by atoms with Crippen LogP contribution in [0.3, 0.4) is 0 Å². The van der Waals surface area contributed by atoms with Gasteiger partial charge in [0.15, 0.2) is 5.16 Å². The second-order valence-electron chi connectivity index (χ2n) is 6.57. The highest BCUT2D eigenvalue weighted by atomic mass is 32.2. The summed E-state index contributed by atoms with van der Waals surface area (Å²) < 4.78 is 19.9. The summed E-state index contributed by atoms with van der Waals surface area (Å²) in [6, 6.07) is 19.7. The fraction of sp³-hybridized carbons (Fsp3) is 0.0870. The van der Waals surface area contributed by atoms with Crippen LogP contribution in [0, 0.1) is 5.82 Å². The molecule has 6 nitrogen and oxygen atoms in total. The molecule has 0 saturated carbocycles. The van der Waals surface area contributed by atoms with Gasteiger partial charge in [-0.2, -0.15) is 0 Å². The highest BCUT2D eigenvalue weighted by molar-refractivity contribution is 7.99. The zero-order chi connectivity index (χ0) is 21.8. The number of methoxy groups -OCH3 is 1. The first-order valence-electron chi connectivity index (χ1n) is 9.40. The van der Waals surface area contributed by atoms with Crippen LogP contribution in [0.25, 0.3) is 16.6 Å². The molecule has 0 bridgehead atoms. The average molecular weight is 435 g/mol. The highest BCUT2D eigenvalue weighted by Crippen LogP contribution is 2.27. The van der Waals surface area contributed by atoms with Gasteiger partial charge in [-0.25, -0.2) is 9.37 Å². The number of ether oxygens (including phenoxy) is 1. The average Bonchev–Trinajstić information content (AvgIpc) is 2.79. The van der Waals surface area contributed by atoms with Crippen molar-refractivity contribution in [3.8, 4) is 11.4 Å². The molecule has 4 rings (SSSR count). The van der Waals surface area contributed by atoms with Crippen molar-refractivity contribution >= 4 is 34.3 Å². The predicted molar refractivity (Wildman–Crippen MR) is 120 cm³/mol. The molecule has 0 spiro atoms. The molecule has 0 saturated heterocycles. The van der Waals surface area contributed by atoms with E-state index in [2.05, 4.69) is 10.3 Å². The maximum absolute atomic E-state index is 13.3. The largest absolute Gasteiger partial charge is 0.495 e. The Morgan fingerprint density at radius 1 is 1.06 bits per heavy atom. The van der Waals surface area contributed by atoms with Gasteiger partial charge in [-0.15, -0.1) is 0 Å². The van der Waals surface area contributed by atoms with Gasteiger partial charge in [-0.05, 0) is 48.5 Å². The summed E-state index contributed by atoms with van der Waals surface area (Å²) in [5.74, 6) is -0.157. The molecule has 0 unspecified atom stereocenters. The molecule has 1 amide bonds. The number of anilines is 1. The Morgan fingerprint density at radius 2 is 1.77 bits per heavy atom. The van der Waals surface area contributed by atoms with Gasteiger partial charge in [0.2, 0.25) is 5.91 Å².